The molecule has 6 rings (SSSR count). The highest BCUT2D eigenvalue weighted by molar-refractivity contribution is 6.05. The summed E-state index contributed by atoms with van der Waals surface area (Å²) in [6.07, 6.45) is 2.04. The lowest BCUT2D eigenvalue weighted by molar-refractivity contribution is -0.137. The van der Waals surface area contributed by atoms with Crippen LogP contribution in [0.1, 0.15) is 52.9 Å². The van der Waals surface area contributed by atoms with Crippen molar-refractivity contribution in [2.24, 2.45) is 15.7 Å². The topological polar surface area (TPSA) is 124 Å². The number of nitrogens with zero attached hydrogens (tertiary/aromatic N) is 6. The number of carbonyl (C=O) groups is 1. The average molecular weight is 606 g/mol. The molecule has 1 aliphatic carbocycles. The molecule has 0 spiro atoms. The molecule has 10 nitrogen and oxygen atoms in total. The molecule has 1 saturated carbocycles. The van der Waals surface area contributed by atoms with Crippen molar-refractivity contribution in [1.29, 1.82) is 0 Å². The second-order valence-electron chi connectivity index (χ2n) is 11.4. The summed E-state index contributed by atoms with van der Waals surface area (Å²) >= 11 is 0. The normalized spacial score (nSPS) is 17.9. The number of alkyl halides is 3. The molecule has 2 fully saturated rings. The number of carbonyl (C=O) groups excluding carboxylic acids is 1. The van der Waals surface area contributed by atoms with Gasteiger partial charge < -0.3 is 21.3 Å². The van der Waals surface area contributed by atoms with E-state index >= 15 is 0 Å². The number of aryl methyl sites for hydroxylation is 1. The van der Waals surface area contributed by atoms with Gasteiger partial charge in [0.15, 0.2) is 5.82 Å². The zero-order valence-electron chi connectivity index (χ0n) is 24.4. The molecule has 0 atom stereocenters. The van der Waals surface area contributed by atoms with Gasteiger partial charge in [-0.2, -0.15) is 18.2 Å². The summed E-state index contributed by atoms with van der Waals surface area (Å²) in [5.74, 6) is 0.751. The molecular weight excluding hydrogens is 571 g/mol. The number of benzene rings is 2. The first-order chi connectivity index (χ1) is 21.1. The lowest BCUT2D eigenvalue weighted by Gasteiger charge is -2.36. The predicted octanol–water partition coefficient (Wildman–Crippen LogP) is 5.26. The number of hydrogen-bond donors (Lipinski definition) is 3. The van der Waals surface area contributed by atoms with Gasteiger partial charge in [-0.05, 0) is 62.1 Å². The van der Waals surface area contributed by atoms with E-state index in [2.05, 4.69) is 35.4 Å². The highest BCUT2D eigenvalue weighted by Gasteiger charge is 2.31. The number of halogens is 3. The predicted molar refractivity (Wildman–Crippen MR) is 164 cm³/mol. The smallest absolute Gasteiger partial charge is 0.387 e. The fraction of sp³-hybridized carbons (Fsp3) is 0.387. The zero-order chi connectivity index (χ0) is 30.8. The van der Waals surface area contributed by atoms with E-state index in [1.54, 1.807) is 18.2 Å². The van der Waals surface area contributed by atoms with Crippen LogP contribution in [0.5, 0.6) is 0 Å². The number of aliphatic imine (C=N–C) groups is 2. The number of anilines is 3. The third kappa shape index (κ3) is 6.52. The van der Waals surface area contributed by atoms with Crippen molar-refractivity contribution in [1.82, 2.24) is 19.8 Å². The van der Waals surface area contributed by atoms with Crippen molar-refractivity contribution in [3.63, 3.8) is 0 Å². The van der Waals surface area contributed by atoms with Gasteiger partial charge in [-0.25, -0.2) is 15.0 Å². The maximum Gasteiger partial charge on any atom is 0.416 e. The number of amides is 1. The van der Waals surface area contributed by atoms with Crippen LogP contribution in [0.15, 0.2) is 58.8 Å². The highest BCUT2D eigenvalue weighted by atomic mass is 19.4. The zero-order valence-corrected chi connectivity index (χ0v) is 24.4. The third-order valence-corrected chi connectivity index (χ3v) is 8.31. The fourth-order valence-corrected chi connectivity index (χ4v) is 5.62. The number of rotatable bonds is 5. The Hall–Kier alpha value is -4.52. The maximum absolute atomic E-state index is 13.2. The lowest BCUT2D eigenvalue weighted by Crippen LogP contribution is -2.42. The summed E-state index contributed by atoms with van der Waals surface area (Å²) < 4.78 is 39.5. The molecule has 230 valence electrons. The minimum Gasteiger partial charge on any atom is -0.387 e. The molecule has 0 radical (unpaired) electrons. The van der Waals surface area contributed by atoms with Gasteiger partial charge in [-0.15, -0.1) is 0 Å². The molecular formula is C31H34F3N9O. The molecule has 3 aliphatic rings. The number of fused-ring (bicyclic) bond motifs is 1. The van der Waals surface area contributed by atoms with Gasteiger partial charge in [0.1, 0.15) is 17.9 Å². The molecule has 3 heterocycles. The van der Waals surface area contributed by atoms with E-state index in [1.807, 2.05) is 6.92 Å². The number of amidine groups is 1. The van der Waals surface area contributed by atoms with Crippen LogP contribution in [-0.2, 0) is 12.6 Å². The van der Waals surface area contributed by atoms with Crippen molar-refractivity contribution >= 4 is 40.6 Å². The molecule has 0 bridgehead atoms. The van der Waals surface area contributed by atoms with Gasteiger partial charge in [0, 0.05) is 49.2 Å². The van der Waals surface area contributed by atoms with Crippen LogP contribution in [0.25, 0.3) is 0 Å². The summed E-state index contributed by atoms with van der Waals surface area (Å²) in [5, 5.41) is 6.01. The second kappa shape index (κ2) is 12.2. The van der Waals surface area contributed by atoms with Gasteiger partial charge in [0.25, 0.3) is 5.91 Å². The first-order valence-corrected chi connectivity index (χ1v) is 14.7. The quantitative estimate of drug-likeness (QED) is 0.363. The van der Waals surface area contributed by atoms with Crippen LogP contribution in [-0.4, -0.2) is 69.7 Å². The van der Waals surface area contributed by atoms with E-state index in [4.69, 9.17) is 10.7 Å². The minimum atomic E-state index is -4.55. The minimum absolute atomic E-state index is 0.0974. The van der Waals surface area contributed by atoms with Crippen molar-refractivity contribution < 1.29 is 18.0 Å². The van der Waals surface area contributed by atoms with Crippen molar-refractivity contribution in [3.05, 3.63) is 71.2 Å². The second-order valence-corrected chi connectivity index (χ2v) is 11.4. The van der Waals surface area contributed by atoms with Gasteiger partial charge in [0.05, 0.1) is 17.7 Å². The number of nitrogens with one attached hydrogen (secondary N) is 2. The summed E-state index contributed by atoms with van der Waals surface area (Å²) in [6, 6.07) is 10.2. The monoisotopic (exact) mass is 605 g/mol. The Balaban J connectivity index is 1.23. The summed E-state index contributed by atoms with van der Waals surface area (Å²) in [7, 11) is 0. The van der Waals surface area contributed by atoms with Gasteiger partial charge in [-0.1, -0.05) is 18.6 Å². The molecule has 13 heteroatoms. The summed E-state index contributed by atoms with van der Waals surface area (Å²) in [6.45, 7) is 5.50. The van der Waals surface area contributed by atoms with Crippen LogP contribution >= 0.6 is 0 Å². The maximum atomic E-state index is 13.2. The summed E-state index contributed by atoms with van der Waals surface area (Å²) in [5.41, 5.74) is 8.38. The Kier molecular flexibility index (Phi) is 8.21. The Bertz CT molecular complexity index is 1620. The van der Waals surface area contributed by atoms with Gasteiger partial charge in [-0.3, -0.25) is 9.69 Å². The molecule has 3 aromatic rings. The van der Waals surface area contributed by atoms with E-state index < -0.39 is 17.6 Å². The van der Waals surface area contributed by atoms with Crippen LogP contribution in [0, 0.1) is 6.92 Å². The first-order valence-electron chi connectivity index (χ1n) is 14.7. The fourth-order valence-electron chi connectivity index (χ4n) is 5.62. The molecule has 4 N–H and O–H groups in total. The Morgan fingerprint density at radius 3 is 2.61 bits per heavy atom. The number of guanidine groups is 1. The van der Waals surface area contributed by atoms with Crippen molar-refractivity contribution in [2.45, 2.75) is 51.2 Å². The van der Waals surface area contributed by atoms with Gasteiger partial charge >= 0.3 is 6.18 Å². The Labute approximate surface area is 253 Å². The molecule has 2 aromatic carbocycles. The van der Waals surface area contributed by atoms with E-state index in [1.165, 1.54) is 37.7 Å². The Morgan fingerprint density at radius 1 is 1.00 bits per heavy atom. The van der Waals surface area contributed by atoms with Crippen molar-refractivity contribution in [2.75, 3.05) is 36.8 Å². The van der Waals surface area contributed by atoms with Crippen LogP contribution < -0.4 is 16.4 Å². The van der Waals surface area contributed by atoms with E-state index in [-0.39, 0.29) is 5.56 Å². The molecule has 2 aliphatic heterocycles. The molecule has 1 aromatic heterocycles. The SMILES string of the molecule is Cc1ccc(NC(=O)c2cccc(C(F)(F)F)c2)cc1Nc1ncnc2c1N=C(N1CCCN(C3CCC3)CC1)N=C(N)C2. The molecule has 1 saturated heterocycles. The van der Waals surface area contributed by atoms with E-state index in [0.717, 1.165) is 50.3 Å². The molecule has 44 heavy (non-hydrogen) atoms. The van der Waals surface area contributed by atoms with E-state index in [9.17, 15) is 18.0 Å². The third-order valence-electron chi connectivity index (χ3n) is 8.31. The summed E-state index contributed by atoms with van der Waals surface area (Å²) in [4.78, 5) is 36.1. The first kappa shape index (κ1) is 29.5. The highest BCUT2D eigenvalue weighted by Crippen LogP contribution is 2.34. The number of aromatic nitrogens is 2. The Morgan fingerprint density at radius 2 is 1.84 bits per heavy atom. The lowest BCUT2D eigenvalue weighted by atomic mass is 9.91. The van der Waals surface area contributed by atoms with E-state index in [0.29, 0.717) is 52.8 Å². The molecule has 1 amide bonds. The standard InChI is InChI=1S/C31H34F3N9O/c1-19-9-10-22(38-29(44)20-5-2-6-21(15-20)31(32,33)34)16-24(19)39-28-27-25(36-18-37-28)17-26(35)40-30(41-27)43-12-4-11-42(13-14-43)23-7-3-8-23/h2,5-6,9-10,15-16,18,23H,3-4,7-8,11-14,17H2,1H3,(H,38,44)(H2,35,40,41)(H,36,37,39). The average Bonchev–Trinajstić information content (AvgIpc) is 3.30. The number of nitrogens with two attached hydrogens (primary N) is 1. The van der Waals surface area contributed by atoms with Gasteiger partial charge in [0.2, 0.25) is 5.96 Å². The van der Waals surface area contributed by atoms with Crippen molar-refractivity contribution in [3.8, 4) is 0 Å². The number of hydrogen-bond acceptors (Lipinski definition) is 9. The van der Waals surface area contributed by atoms with Crippen LogP contribution in [0.4, 0.5) is 36.1 Å². The largest absolute Gasteiger partial charge is 0.416 e. The molecule has 0 unspecified atom stereocenters. The van der Waals surface area contributed by atoms with Crippen LogP contribution in [0.3, 0.4) is 0 Å². The van der Waals surface area contributed by atoms with Crippen LogP contribution in [0.2, 0.25) is 0 Å².